The molecule has 0 amide bonds. The summed E-state index contributed by atoms with van der Waals surface area (Å²) in [4.78, 5) is 7.56. The maximum Gasteiger partial charge on any atom is 0.134 e. The zero-order chi connectivity index (χ0) is 14.0. The van der Waals surface area contributed by atoms with Crippen molar-refractivity contribution in [3.63, 3.8) is 0 Å². The summed E-state index contributed by atoms with van der Waals surface area (Å²) in [7, 11) is 1.65. The highest BCUT2D eigenvalue weighted by Crippen LogP contribution is 2.26. The van der Waals surface area contributed by atoms with Crippen LogP contribution in [0.25, 0.3) is 11.3 Å². The van der Waals surface area contributed by atoms with Gasteiger partial charge in [0.05, 0.1) is 5.69 Å². The number of hydrogen-bond acceptors (Lipinski definition) is 3. The minimum Gasteiger partial charge on any atom is -0.377 e. The number of rotatable bonds is 3. The zero-order valence-corrected chi connectivity index (χ0v) is 12.5. The van der Waals surface area contributed by atoms with Crippen molar-refractivity contribution >= 4 is 12.2 Å². The standard InChI is InChI=1S/C15H18N2OS/c1-9-5-10(2)15(11(3)6-9)12-7-14(19)17-13(16-12)8-18-4/h5-7H,8H2,1-4H3,(H,16,17,19). The lowest BCUT2D eigenvalue weighted by Gasteiger charge is -2.12. The predicted molar refractivity (Wildman–Crippen MR) is 79.8 cm³/mol. The van der Waals surface area contributed by atoms with E-state index in [0.29, 0.717) is 11.2 Å². The van der Waals surface area contributed by atoms with Crippen LogP contribution in [-0.4, -0.2) is 17.1 Å². The van der Waals surface area contributed by atoms with Crippen molar-refractivity contribution in [2.24, 2.45) is 0 Å². The van der Waals surface area contributed by atoms with Gasteiger partial charge in [0.1, 0.15) is 17.1 Å². The second-order valence-corrected chi connectivity index (χ2v) is 5.20. The van der Waals surface area contributed by atoms with Gasteiger partial charge in [0, 0.05) is 12.7 Å². The van der Waals surface area contributed by atoms with Gasteiger partial charge in [-0.3, -0.25) is 0 Å². The molecule has 0 bridgehead atoms. The van der Waals surface area contributed by atoms with Gasteiger partial charge in [-0.15, -0.1) is 0 Å². The van der Waals surface area contributed by atoms with Crippen LogP contribution in [0.4, 0.5) is 0 Å². The first kappa shape index (κ1) is 13.9. The lowest BCUT2D eigenvalue weighted by Crippen LogP contribution is -2.00. The second-order valence-electron chi connectivity index (χ2n) is 4.79. The van der Waals surface area contributed by atoms with E-state index in [1.165, 1.54) is 22.3 Å². The summed E-state index contributed by atoms with van der Waals surface area (Å²) < 4.78 is 5.70. The molecule has 100 valence electrons. The summed E-state index contributed by atoms with van der Waals surface area (Å²) in [6.07, 6.45) is 0. The Morgan fingerprint density at radius 2 is 1.79 bits per heavy atom. The number of aryl methyl sites for hydroxylation is 3. The smallest absolute Gasteiger partial charge is 0.134 e. The van der Waals surface area contributed by atoms with Crippen molar-refractivity contribution in [2.45, 2.75) is 27.4 Å². The molecule has 0 saturated carbocycles. The molecule has 4 heteroatoms. The van der Waals surface area contributed by atoms with E-state index in [1.54, 1.807) is 7.11 Å². The van der Waals surface area contributed by atoms with Crippen LogP contribution >= 0.6 is 12.2 Å². The number of nitrogens with one attached hydrogen (secondary N) is 1. The Balaban J connectivity index is 2.62. The third-order valence-corrected chi connectivity index (χ3v) is 3.23. The first-order valence-electron chi connectivity index (χ1n) is 6.18. The third-order valence-electron chi connectivity index (χ3n) is 3.02. The summed E-state index contributed by atoms with van der Waals surface area (Å²) in [6.45, 7) is 6.77. The molecule has 0 unspecified atom stereocenters. The van der Waals surface area contributed by atoms with Crippen LogP contribution in [0.15, 0.2) is 18.2 Å². The second kappa shape index (κ2) is 5.63. The first-order chi connectivity index (χ1) is 9.01. The van der Waals surface area contributed by atoms with E-state index in [1.807, 2.05) is 6.07 Å². The fourth-order valence-corrected chi connectivity index (χ4v) is 2.68. The van der Waals surface area contributed by atoms with Crippen LogP contribution in [0, 0.1) is 25.4 Å². The molecular weight excluding hydrogens is 256 g/mol. The highest BCUT2D eigenvalue weighted by atomic mass is 32.1. The maximum absolute atomic E-state index is 5.23. The Bertz CT molecular complexity index is 638. The molecule has 0 radical (unpaired) electrons. The summed E-state index contributed by atoms with van der Waals surface area (Å²) in [6, 6.07) is 6.25. The fourth-order valence-electron chi connectivity index (χ4n) is 2.45. The van der Waals surface area contributed by atoms with Gasteiger partial charge in [-0.2, -0.15) is 0 Å². The van der Waals surface area contributed by atoms with E-state index < -0.39 is 0 Å². The number of ether oxygens (including phenoxy) is 1. The largest absolute Gasteiger partial charge is 0.377 e. The van der Waals surface area contributed by atoms with Crippen molar-refractivity contribution < 1.29 is 4.74 Å². The van der Waals surface area contributed by atoms with E-state index in [-0.39, 0.29) is 0 Å². The Labute approximate surface area is 118 Å². The van der Waals surface area contributed by atoms with E-state index in [0.717, 1.165) is 11.5 Å². The van der Waals surface area contributed by atoms with Crippen LogP contribution in [0.1, 0.15) is 22.5 Å². The Morgan fingerprint density at radius 1 is 1.16 bits per heavy atom. The first-order valence-corrected chi connectivity index (χ1v) is 6.59. The van der Waals surface area contributed by atoms with Crippen molar-refractivity contribution in [3.05, 3.63) is 45.4 Å². The van der Waals surface area contributed by atoms with Gasteiger partial charge in [-0.05, 0) is 38.0 Å². The number of nitrogens with zero attached hydrogens (tertiary/aromatic N) is 1. The lowest BCUT2D eigenvalue weighted by atomic mass is 9.97. The van der Waals surface area contributed by atoms with Crippen molar-refractivity contribution in [3.8, 4) is 11.3 Å². The van der Waals surface area contributed by atoms with Gasteiger partial charge in [0.25, 0.3) is 0 Å². The van der Waals surface area contributed by atoms with E-state index in [4.69, 9.17) is 17.0 Å². The molecule has 1 aromatic carbocycles. The average Bonchev–Trinajstić information content (AvgIpc) is 2.26. The van der Waals surface area contributed by atoms with Crippen LogP contribution < -0.4 is 0 Å². The molecule has 0 spiro atoms. The van der Waals surface area contributed by atoms with Gasteiger partial charge in [-0.1, -0.05) is 29.9 Å². The summed E-state index contributed by atoms with van der Waals surface area (Å²) in [5.74, 6) is 0.754. The maximum atomic E-state index is 5.23. The van der Waals surface area contributed by atoms with Gasteiger partial charge in [-0.25, -0.2) is 4.98 Å². The van der Waals surface area contributed by atoms with E-state index in [9.17, 15) is 0 Å². The normalized spacial score (nSPS) is 10.7. The van der Waals surface area contributed by atoms with Crippen molar-refractivity contribution in [2.75, 3.05) is 7.11 Å². The molecule has 3 nitrogen and oxygen atoms in total. The van der Waals surface area contributed by atoms with Gasteiger partial charge in [0.15, 0.2) is 0 Å². The van der Waals surface area contributed by atoms with Crippen LogP contribution in [0.2, 0.25) is 0 Å². The molecule has 0 atom stereocenters. The highest BCUT2D eigenvalue weighted by molar-refractivity contribution is 7.71. The summed E-state index contributed by atoms with van der Waals surface area (Å²) in [5, 5.41) is 0. The van der Waals surface area contributed by atoms with Crippen LogP contribution in [0.3, 0.4) is 0 Å². The van der Waals surface area contributed by atoms with Crippen LogP contribution in [0.5, 0.6) is 0 Å². The Morgan fingerprint density at radius 3 is 2.37 bits per heavy atom. The molecule has 0 aliphatic rings. The molecule has 1 heterocycles. The lowest BCUT2D eigenvalue weighted by molar-refractivity contribution is 0.177. The molecule has 0 saturated heterocycles. The predicted octanol–water partition coefficient (Wildman–Crippen LogP) is 3.88. The monoisotopic (exact) mass is 274 g/mol. The number of aromatic amines is 1. The van der Waals surface area contributed by atoms with E-state index >= 15 is 0 Å². The molecular formula is C15H18N2OS. The van der Waals surface area contributed by atoms with E-state index in [2.05, 4.69) is 42.9 Å². The molecule has 0 aliphatic carbocycles. The van der Waals surface area contributed by atoms with Gasteiger partial charge >= 0.3 is 0 Å². The number of hydrogen-bond donors (Lipinski definition) is 1. The average molecular weight is 274 g/mol. The van der Waals surface area contributed by atoms with Gasteiger partial charge < -0.3 is 9.72 Å². The molecule has 0 fully saturated rings. The molecule has 1 aromatic heterocycles. The molecule has 0 aliphatic heterocycles. The van der Waals surface area contributed by atoms with Gasteiger partial charge in [0.2, 0.25) is 0 Å². The summed E-state index contributed by atoms with van der Waals surface area (Å²) >= 11 is 5.23. The van der Waals surface area contributed by atoms with Crippen molar-refractivity contribution in [1.82, 2.24) is 9.97 Å². The minimum absolute atomic E-state index is 0.432. The van der Waals surface area contributed by atoms with Crippen LogP contribution in [-0.2, 0) is 11.3 Å². The Kier molecular flexibility index (Phi) is 4.12. The molecule has 19 heavy (non-hydrogen) atoms. The fraction of sp³-hybridized carbons (Fsp3) is 0.333. The number of H-pyrrole nitrogens is 1. The SMILES string of the molecule is COCc1nc(=S)cc(-c2c(C)cc(C)cc2C)[nH]1. The minimum atomic E-state index is 0.432. The number of benzene rings is 1. The zero-order valence-electron chi connectivity index (χ0n) is 11.7. The Hall–Kier alpha value is -1.52. The molecule has 1 N–H and O–H groups in total. The highest BCUT2D eigenvalue weighted by Gasteiger charge is 2.08. The quantitative estimate of drug-likeness (QED) is 0.863. The topological polar surface area (TPSA) is 37.9 Å². The third kappa shape index (κ3) is 3.08. The molecule has 2 aromatic rings. The summed E-state index contributed by atoms with van der Waals surface area (Å²) in [5.41, 5.74) is 5.93. The number of aromatic nitrogens is 2. The molecule has 2 rings (SSSR count). The number of methoxy groups -OCH3 is 1. The van der Waals surface area contributed by atoms with Crippen molar-refractivity contribution in [1.29, 1.82) is 0 Å².